The van der Waals surface area contributed by atoms with E-state index < -0.39 is 5.54 Å². The summed E-state index contributed by atoms with van der Waals surface area (Å²) in [6.45, 7) is 2.08. The first kappa shape index (κ1) is 8.87. The van der Waals surface area contributed by atoms with Crippen molar-refractivity contribution in [3.63, 3.8) is 0 Å². The number of thioether (sulfide) groups is 1. The molecule has 0 aliphatic carbocycles. The molecule has 0 bridgehead atoms. The zero-order valence-corrected chi connectivity index (χ0v) is 7.49. The number of carbonyl (C=O) groups excluding carboxylic acids is 1. The summed E-state index contributed by atoms with van der Waals surface area (Å²) < 4.78 is 0. The summed E-state index contributed by atoms with van der Waals surface area (Å²) >= 11 is 1.85. The third-order valence-corrected chi connectivity index (χ3v) is 3.27. The Labute approximate surface area is 70.9 Å². The van der Waals surface area contributed by atoms with Gasteiger partial charge in [0.05, 0.1) is 5.54 Å². The van der Waals surface area contributed by atoms with Gasteiger partial charge in [-0.25, -0.2) is 0 Å². The van der Waals surface area contributed by atoms with Gasteiger partial charge in [0.15, 0.2) is 0 Å². The van der Waals surface area contributed by atoms with Gasteiger partial charge in [-0.1, -0.05) is 6.92 Å². The Morgan fingerprint density at radius 2 is 2.36 bits per heavy atom. The molecule has 4 N–H and O–H groups in total. The third kappa shape index (κ3) is 1.87. The maximum atomic E-state index is 10.9. The lowest BCUT2D eigenvalue weighted by Crippen LogP contribution is -2.55. The van der Waals surface area contributed by atoms with E-state index in [1.54, 1.807) is 0 Å². The smallest absolute Gasteiger partial charge is 0.237 e. The van der Waals surface area contributed by atoms with Crippen molar-refractivity contribution in [1.29, 1.82) is 0 Å². The van der Waals surface area contributed by atoms with Crippen molar-refractivity contribution in [1.82, 2.24) is 0 Å². The summed E-state index contributed by atoms with van der Waals surface area (Å²) in [5.41, 5.74) is 10.3. The summed E-state index contributed by atoms with van der Waals surface area (Å²) in [6, 6.07) is 0. The molecule has 4 heteroatoms. The van der Waals surface area contributed by atoms with Gasteiger partial charge >= 0.3 is 0 Å². The summed E-state index contributed by atoms with van der Waals surface area (Å²) in [7, 11) is 0. The zero-order chi connectivity index (χ0) is 8.48. The summed E-state index contributed by atoms with van der Waals surface area (Å²) in [5.74, 6) is 0.588. The van der Waals surface area contributed by atoms with Gasteiger partial charge in [-0.2, -0.15) is 11.8 Å². The van der Waals surface area contributed by atoms with Crippen molar-refractivity contribution >= 4 is 17.7 Å². The van der Waals surface area contributed by atoms with E-state index in [1.807, 2.05) is 11.8 Å². The number of hydrogen-bond donors (Lipinski definition) is 2. The molecular weight excluding hydrogens is 160 g/mol. The largest absolute Gasteiger partial charge is 0.368 e. The van der Waals surface area contributed by atoms with Crippen molar-refractivity contribution in [2.45, 2.75) is 30.6 Å². The van der Waals surface area contributed by atoms with Crippen LogP contribution >= 0.6 is 11.8 Å². The van der Waals surface area contributed by atoms with E-state index in [1.165, 1.54) is 0 Å². The molecule has 0 spiro atoms. The van der Waals surface area contributed by atoms with Gasteiger partial charge < -0.3 is 11.5 Å². The van der Waals surface area contributed by atoms with Crippen LogP contribution in [0, 0.1) is 0 Å². The van der Waals surface area contributed by atoms with Crippen LogP contribution in [-0.4, -0.2) is 22.4 Å². The van der Waals surface area contributed by atoms with Crippen molar-refractivity contribution in [2.75, 3.05) is 5.75 Å². The SMILES string of the molecule is CC1CC(N)(C(N)=O)CCS1. The summed E-state index contributed by atoms with van der Waals surface area (Å²) in [5, 5.41) is 0.459. The van der Waals surface area contributed by atoms with Crippen molar-refractivity contribution in [2.24, 2.45) is 11.5 Å². The van der Waals surface area contributed by atoms with Crippen LogP contribution in [0.25, 0.3) is 0 Å². The fourth-order valence-electron chi connectivity index (χ4n) is 1.34. The number of primary amides is 1. The maximum absolute atomic E-state index is 10.9. The van der Waals surface area contributed by atoms with Gasteiger partial charge in [0.25, 0.3) is 0 Å². The first-order chi connectivity index (χ1) is 5.04. The Hall–Kier alpha value is -0.220. The number of rotatable bonds is 1. The average Bonchev–Trinajstić information content (AvgIpc) is 1.86. The number of hydrogen-bond acceptors (Lipinski definition) is 3. The second-order valence-corrected chi connectivity index (χ2v) is 4.70. The normalized spacial score (nSPS) is 38.5. The van der Waals surface area contributed by atoms with Crippen molar-refractivity contribution in [3.05, 3.63) is 0 Å². The van der Waals surface area contributed by atoms with E-state index in [-0.39, 0.29) is 5.91 Å². The van der Waals surface area contributed by atoms with Crippen molar-refractivity contribution < 1.29 is 4.79 Å². The molecule has 0 aromatic carbocycles. The molecule has 64 valence electrons. The molecular formula is C7H14N2OS. The van der Waals surface area contributed by atoms with E-state index in [2.05, 4.69) is 6.92 Å². The molecule has 1 heterocycles. The molecule has 1 fully saturated rings. The molecule has 11 heavy (non-hydrogen) atoms. The second kappa shape index (κ2) is 3.03. The first-order valence-electron chi connectivity index (χ1n) is 3.75. The molecule has 1 amide bonds. The van der Waals surface area contributed by atoms with Gasteiger partial charge in [-0.3, -0.25) is 4.79 Å². The molecule has 3 nitrogen and oxygen atoms in total. The predicted octanol–water partition coefficient (Wildman–Crippen LogP) is 0.0847. The van der Waals surface area contributed by atoms with Gasteiger partial charge in [-0.05, 0) is 18.6 Å². The summed E-state index contributed by atoms with van der Waals surface area (Å²) in [4.78, 5) is 10.9. The topological polar surface area (TPSA) is 69.1 Å². The number of amides is 1. The van der Waals surface area contributed by atoms with Crippen LogP contribution in [-0.2, 0) is 4.79 Å². The lowest BCUT2D eigenvalue weighted by atomic mass is 9.90. The van der Waals surface area contributed by atoms with E-state index in [0.717, 1.165) is 12.2 Å². The van der Waals surface area contributed by atoms with Crippen LogP contribution in [0.1, 0.15) is 19.8 Å². The fourth-order valence-corrected chi connectivity index (χ4v) is 2.64. The number of carbonyl (C=O) groups is 1. The van der Waals surface area contributed by atoms with Gasteiger partial charge in [-0.15, -0.1) is 0 Å². The Balaban J connectivity index is 2.63. The molecule has 0 saturated carbocycles. The molecule has 2 unspecified atom stereocenters. The van der Waals surface area contributed by atoms with Crippen LogP contribution < -0.4 is 11.5 Å². The van der Waals surface area contributed by atoms with E-state index in [0.29, 0.717) is 11.7 Å². The standard InChI is InChI=1S/C7H14N2OS/c1-5-4-7(9,6(8)10)2-3-11-5/h5H,2-4,9H2,1H3,(H2,8,10). The molecule has 2 atom stereocenters. The molecule has 1 saturated heterocycles. The average molecular weight is 174 g/mol. The highest BCUT2D eigenvalue weighted by atomic mass is 32.2. The van der Waals surface area contributed by atoms with Crippen LogP contribution in [0.2, 0.25) is 0 Å². The van der Waals surface area contributed by atoms with Crippen LogP contribution in [0.3, 0.4) is 0 Å². The molecule has 0 aromatic rings. The summed E-state index contributed by atoms with van der Waals surface area (Å²) in [6.07, 6.45) is 1.43. The minimum atomic E-state index is -0.731. The highest BCUT2D eigenvalue weighted by Gasteiger charge is 2.36. The van der Waals surface area contributed by atoms with Gasteiger partial charge in [0.1, 0.15) is 0 Å². The lowest BCUT2D eigenvalue weighted by Gasteiger charge is -2.33. The molecule has 1 aliphatic heterocycles. The first-order valence-corrected chi connectivity index (χ1v) is 4.80. The predicted molar refractivity (Wildman–Crippen MR) is 47.3 cm³/mol. The highest BCUT2D eigenvalue weighted by molar-refractivity contribution is 7.99. The maximum Gasteiger partial charge on any atom is 0.237 e. The highest BCUT2D eigenvalue weighted by Crippen LogP contribution is 2.30. The van der Waals surface area contributed by atoms with E-state index in [9.17, 15) is 4.79 Å². The van der Waals surface area contributed by atoms with Gasteiger partial charge in [0, 0.05) is 5.25 Å². The van der Waals surface area contributed by atoms with E-state index in [4.69, 9.17) is 11.5 Å². The minimum absolute atomic E-state index is 0.357. The molecule has 0 radical (unpaired) electrons. The van der Waals surface area contributed by atoms with Crippen LogP contribution in [0.4, 0.5) is 0 Å². The van der Waals surface area contributed by atoms with E-state index >= 15 is 0 Å². The number of nitrogens with two attached hydrogens (primary N) is 2. The second-order valence-electron chi connectivity index (χ2n) is 3.16. The Morgan fingerprint density at radius 3 is 2.73 bits per heavy atom. The Bertz CT molecular complexity index is 174. The third-order valence-electron chi connectivity index (χ3n) is 2.09. The molecule has 1 aliphatic rings. The lowest BCUT2D eigenvalue weighted by molar-refractivity contribution is -0.123. The Kier molecular flexibility index (Phi) is 2.44. The Morgan fingerprint density at radius 1 is 1.73 bits per heavy atom. The molecule has 1 rings (SSSR count). The van der Waals surface area contributed by atoms with Gasteiger partial charge in [0.2, 0.25) is 5.91 Å². The fraction of sp³-hybridized carbons (Fsp3) is 0.857. The molecule has 0 aromatic heterocycles. The monoisotopic (exact) mass is 174 g/mol. The van der Waals surface area contributed by atoms with Crippen molar-refractivity contribution in [3.8, 4) is 0 Å². The van der Waals surface area contributed by atoms with Crippen LogP contribution in [0.5, 0.6) is 0 Å². The minimum Gasteiger partial charge on any atom is -0.368 e. The van der Waals surface area contributed by atoms with Crippen LogP contribution in [0.15, 0.2) is 0 Å². The zero-order valence-electron chi connectivity index (χ0n) is 6.67. The quantitative estimate of drug-likeness (QED) is 0.591.